The zero-order valence-electron chi connectivity index (χ0n) is 12.5. The number of nitrogens with zero attached hydrogens (tertiary/aromatic N) is 1. The van der Waals surface area contributed by atoms with Gasteiger partial charge in [0, 0.05) is 11.6 Å². The number of para-hydroxylation sites is 1. The molecule has 0 aliphatic carbocycles. The summed E-state index contributed by atoms with van der Waals surface area (Å²) in [6, 6.07) is 8.60. The van der Waals surface area contributed by atoms with E-state index in [0.29, 0.717) is 11.3 Å². The molecule has 0 unspecified atom stereocenters. The third-order valence-electron chi connectivity index (χ3n) is 2.58. The highest BCUT2D eigenvalue weighted by Crippen LogP contribution is 2.21. The summed E-state index contributed by atoms with van der Waals surface area (Å²) in [6.45, 7) is 3.62. The lowest BCUT2D eigenvalue weighted by Gasteiger charge is -2.10. The van der Waals surface area contributed by atoms with Crippen LogP contribution in [0.1, 0.15) is 25.8 Å². The third kappa shape index (κ3) is 5.67. The van der Waals surface area contributed by atoms with Gasteiger partial charge in [-0.3, -0.25) is 9.59 Å². The first-order valence-corrected chi connectivity index (χ1v) is 6.80. The minimum absolute atomic E-state index is 0.0142. The van der Waals surface area contributed by atoms with Crippen LogP contribution in [0.15, 0.2) is 29.8 Å². The first-order valence-electron chi connectivity index (χ1n) is 6.80. The Morgan fingerprint density at radius 3 is 2.68 bits per heavy atom. The highest BCUT2D eigenvalue weighted by molar-refractivity contribution is 6.02. The number of hydrogen-bond donors (Lipinski definition) is 2. The van der Waals surface area contributed by atoms with Gasteiger partial charge in [0.1, 0.15) is 17.4 Å². The molecule has 0 bridgehead atoms. The van der Waals surface area contributed by atoms with Gasteiger partial charge < -0.3 is 15.2 Å². The summed E-state index contributed by atoms with van der Waals surface area (Å²) < 4.78 is 5.39. The van der Waals surface area contributed by atoms with E-state index in [1.807, 2.05) is 6.07 Å². The molecule has 1 aromatic rings. The standard InChI is InChI=1S/C16H18N2O4/c1-11(2)18-16(21)13(10-17)9-12-5-3-4-6-14(12)22-8-7-15(19)20/h3-6,9,11H,7-8H2,1-2H3,(H,18,21)(H,19,20). The average Bonchev–Trinajstić information content (AvgIpc) is 2.44. The Morgan fingerprint density at radius 2 is 2.09 bits per heavy atom. The minimum atomic E-state index is -0.956. The number of amides is 1. The lowest BCUT2D eigenvalue weighted by Crippen LogP contribution is -2.30. The second-order valence-corrected chi connectivity index (χ2v) is 4.83. The second-order valence-electron chi connectivity index (χ2n) is 4.83. The number of carbonyl (C=O) groups is 2. The molecule has 1 aromatic carbocycles. The zero-order chi connectivity index (χ0) is 16.5. The number of nitrogens with one attached hydrogen (secondary N) is 1. The van der Waals surface area contributed by atoms with Crippen LogP contribution in [0.4, 0.5) is 0 Å². The van der Waals surface area contributed by atoms with Gasteiger partial charge in [-0.1, -0.05) is 18.2 Å². The SMILES string of the molecule is CC(C)NC(=O)C(C#N)=Cc1ccccc1OCCC(=O)O. The molecule has 6 nitrogen and oxygen atoms in total. The van der Waals surface area contributed by atoms with Crippen molar-refractivity contribution >= 4 is 18.0 Å². The van der Waals surface area contributed by atoms with Crippen LogP contribution in [0, 0.1) is 11.3 Å². The van der Waals surface area contributed by atoms with Crippen LogP contribution >= 0.6 is 0 Å². The summed E-state index contributed by atoms with van der Waals surface area (Å²) in [5.41, 5.74) is 0.506. The molecular weight excluding hydrogens is 284 g/mol. The van der Waals surface area contributed by atoms with Crippen LogP contribution < -0.4 is 10.1 Å². The van der Waals surface area contributed by atoms with Gasteiger partial charge in [0.2, 0.25) is 0 Å². The molecular formula is C16H18N2O4. The maximum Gasteiger partial charge on any atom is 0.306 e. The monoisotopic (exact) mass is 302 g/mol. The lowest BCUT2D eigenvalue weighted by atomic mass is 10.1. The van der Waals surface area contributed by atoms with Gasteiger partial charge in [0.25, 0.3) is 5.91 Å². The topological polar surface area (TPSA) is 99.4 Å². The quantitative estimate of drug-likeness (QED) is 0.592. The highest BCUT2D eigenvalue weighted by Gasteiger charge is 2.11. The van der Waals surface area contributed by atoms with E-state index in [2.05, 4.69) is 5.32 Å². The lowest BCUT2D eigenvalue weighted by molar-refractivity contribution is -0.137. The molecule has 22 heavy (non-hydrogen) atoms. The van der Waals surface area contributed by atoms with Crippen molar-refractivity contribution in [3.8, 4) is 11.8 Å². The molecule has 0 fully saturated rings. The highest BCUT2D eigenvalue weighted by atomic mass is 16.5. The molecule has 0 saturated carbocycles. The molecule has 6 heteroatoms. The van der Waals surface area contributed by atoms with Crippen molar-refractivity contribution in [2.45, 2.75) is 26.3 Å². The largest absolute Gasteiger partial charge is 0.492 e. The van der Waals surface area contributed by atoms with Crippen LogP contribution in [0.25, 0.3) is 6.08 Å². The summed E-state index contributed by atoms with van der Waals surface area (Å²) in [6.07, 6.45) is 1.30. The van der Waals surface area contributed by atoms with Crippen LogP contribution in [-0.2, 0) is 9.59 Å². The van der Waals surface area contributed by atoms with E-state index in [-0.39, 0.29) is 24.6 Å². The van der Waals surface area contributed by atoms with Crippen molar-refractivity contribution in [3.05, 3.63) is 35.4 Å². The van der Waals surface area contributed by atoms with E-state index in [0.717, 1.165) is 0 Å². The summed E-state index contributed by atoms with van der Waals surface area (Å²) in [7, 11) is 0. The van der Waals surface area contributed by atoms with Crippen LogP contribution in [0.5, 0.6) is 5.75 Å². The van der Waals surface area contributed by atoms with Gasteiger partial charge in [-0.15, -0.1) is 0 Å². The van der Waals surface area contributed by atoms with Crippen molar-refractivity contribution in [1.82, 2.24) is 5.32 Å². The Balaban J connectivity index is 2.95. The predicted molar refractivity (Wildman–Crippen MR) is 81.1 cm³/mol. The van der Waals surface area contributed by atoms with Gasteiger partial charge in [-0.2, -0.15) is 5.26 Å². The maximum atomic E-state index is 11.9. The number of benzene rings is 1. The van der Waals surface area contributed by atoms with E-state index < -0.39 is 11.9 Å². The number of carbonyl (C=O) groups excluding carboxylic acids is 1. The Hall–Kier alpha value is -2.81. The molecule has 0 aromatic heterocycles. The van der Waals surface area contributed by atoms with Crippen molar-refractivity contribution in [1.29, 1.82) is 5.26 Å². The fraction of sp³-hybridized carbons (Fsp3) is 0.312. The minimum Gasteiger partial charge on any atom is -0.492 e. The number of hydrogen-bond acceptors (Lipinski definition) is 4. The van der Waals surface area contributed by atoms with E-state index >= 15 is 0 Å². The van der Waals surface area contributed by atoms with Gasteiger partial charge >= 0.3 is 5.97 Å². The fourth-order valence-corrected chi connectivity index (χ4v) is 1.62. The maximum absolute atomic E-state index is 11.9. The molecule has 0 atom stereocenters. The number of carboxylic acids is 1. The number of rotatable bonds is 7. The van der Waals surface area contributed by atoms with Gasteiger partial charge in [-0.25, -0.2) is 0 Å². The molecule has 2 N–H and O–H groups in total. The van der Waals surface area contributed by atoms with Gasteiger partial charge in [0.15, 0.2) is 0 Å². The molecule has 0 saturated heterocycles. The molecule has 0 radical (unpaired) electrons. The van der Waals surface area contributed by atoms with Crippen LogP contribution in [-0.4, -0.2) is 29.6 Å². The van der Waals surface area contributed by atoms with E-state index in [9.17, 15) is 9.59 Å². The number of aliphatic carboxylic acids is 1. The summed E-state index contributed by atoms with van der Waals surface area (Å²) in [5, 5.41) is 20.4. The molecule has 0 spiro atoms. The van der Waals surface area contributed by atoms with Gasteiger partial charge in [-0.05, 0) is 26.0 Å². The molecule has 0 aliphatic heterocycles. The third-order valence-corrected chi connectivity index (χ3v) is 2.58. The Kier molecular flexibility index (Phi) is 6.64. The van der Waals surface area contributed by atoms with Gasteiger partial charge in [0.05, 0.1) is 13.0 Å². The van der Waals surface area contributed by atoms with Crippen molar-refractivity contribution in [2.24, 2.45) is 0 Å². The molecule has 1 rings (SSSR count). The van der Waals surface area contributed by atoms with Crippen LogP contribution in [0.3, 0.4) is 0 Å². The molecule has 1 amide bonds. The number of ether oxygens (including phenoxy) is 1. The van der Waals surface area contributed by atoms with E-state index in [4.69, 9.17) is 15.1 Å². The Morgan fingerprint density at radius 1 is 1.41 bits per heavy atom. The Labute approximate surface area is 129 Å². The van der Waals surface area contributed by atoms with E-state index in [1.54, 1.807) is 38.1 Å². The Bertz CT molecular complexity index is 615. The summed E-state index contributed by atoms with van der Waals surface area (Å²) in [4.78, 5) is 22.4. The van der Waals surface area contributed by atoms with Crippen molar-refractivity contribution < 1.29 is 19.4 Å². The number of nitriles is 1. The second kappa shape index (κ2) is 8.47. The molecule has 116 valence electrons. The average molecular weight is 302 g/mol. The normalized spacial score (nSPS) is 10.9. The zero-order valence-corrected chi connectivity index (χ0v) is 12.5. The number of carboxylic acid groups (broad SMARTS) is 1. The molecule has 0 aliphatic rings. The van der Waals surface area contributed by atoms with Crippen LogP contribution in [0.2, 0.25) is 0 Å². The first-order chi connectivity index (χ1) is 10.4. The summed E-state index contributed by atoms with van der Waals surface area (Å²) in [5.74, 6) is -0.992. The molecule has 0 heterocycles. The van der Waals surface area contributed by atoms with Crippen molar-refractivity contribution in [2.75, 3.05) is 6.61 Å². The fourth-order valence-electron chi connectivity index (χ4n) is 1.62. The summed E-state index contributed by atoms with van der Waals surface area (Å²) >= 11 is 0. The first kappa shape index (κ1) is 17.2. The van der Waals surface area contributed by atoms with E-state index in [1.165, 1.54) is 6.08 Å². The van der Waals surface area contributed by atoms with Crippen molar-refractivity contribution in [3.63, 3.8) is 0 Å². The predicted octanol–water partition coefficient (Wildman–Crippen LogP) is 1.97. The smallest absolute Gasteiger partial charge is 0.306 e.